The summed E-state index contributed by atoms with van der Waals surface area (Å²) >= 11 is 1.41. The predicted octanol–water partition coefficient (Wildman–Crippen LogP) is 5.64. The summed E-state index contributed by atoms with van der Waals surface area (Å²) in [7, 11) is 0. The Balaban J connectivity index is 1.29. The molecule has 1 aromatic carbocycles. The molecule has 9 nitrogen and oxygen atoms in total. The normalized spacial score (nSPS) is 21.2. The summed E-state index contributed by atoms with van der Waals surface area (Å²) in [6, 6.07) is 11.6. The average molecular weight is 607 g/mol. The Morgan fingerprint density at radius 2 is 1.95 bits per heavy atom. The Morgan fingerprint density at radius 3 is 2.70 bits per heavy atom. The van der Waals surface area contributed by atoms with Crippen molar-refractivity contribution in [3.05, 3.63) is 58.3 Å². The molecule has 2 aromatic heterocycles. The molecule has 0 bridgehead atoms. The summed E-state index contributed by atoms with van der Waals surface area (Å²) in [5, 5.41) is 16.1. The van der Waals surface area contributed by atoms with Crippen LogP contribution in [0.25, 0.3) is 16.7 Å². The highest BCUT2D eigenvalue weighted by Crippen LogP contribution is 2.33. The van der Waals surface area contributed by atoms with Crippen molar-refractivity contribution in [2.45, 2.75) is 108 Å². The van der Waals surface area contributed by atoms with Crippen LogP contribution < -0.4 is 27.8 Å². The van der Waals surface area contributed by atoms with Gasteiger partial charge in [0, 0.05) is 47.2 Å². The van der Waals surface area contributed by atoms with E-state index in [9.17, 15) is 4.79 Å². The highest BCUT2D eigenvalue weighted by atomic mass is 32.2. The number of amidine groups is 1. The van der Waals surface area contributed by atoms with E-state index in [4.69, 9.17) is 16.9 Å². The van der Waals surface area contributed by atoms with Crippen molar-refractivity contribution >= 4 is 28.0 Å². The average Bonchev–Trinajstić information content (AvgIpc) is 3.41. The fourth-order valence-electron chi connectivity index (χ4n) is 6.85. The van der Waals surface area contributed by atoms with E-state index in [0.717, 1.165) is 73.5 Å². The van der Waals surface area contributed by atoms with E-state index in [1.165, 1.54) is 55.9 Å². The topological polar surface area (TPSA) is 151 Å². The molecule has 5 rings (SSSR count). The van der Waals surface area contributed by atoms with Crippen molar-refractivity contribution in [2.75, 3.05) is 12.3 Å². The van der Waals surface area contributed by atoms with Gasteiger partial charge in [-0.2, -0.15) is 4.98 Å². The molecule has 234 valence electrons. The van der Waals surface area contributed by atoms with E-state index in [2.05, 4.69) is 45.7 Å². The van der Waals surface area contributed by atoms with Crippen LogP contribution in [0, 0.1) is 11.3 Å². The lowest BCUT2D eigenvalue weighted by molar-refractivity contribution is 0.297. The van der Waals surface area contributed by atoms with E-state index in [1.807, 2.05) is 18.3 Å². The van der Waals surface area contributed by atoms with E-state index >= 15 is 0 Å². The first-order chi connectivity index (χ1) is 20.9. The lowest BCUT2D eigenvalue weighted by Gasteiger charge is -2.31. The van der Waals surface area contributed by atoms with Crippen LogP contribution in [-0.2, 0) is 0 Å². The molecule has 0 amide bonds. The molecule has 43 heavy (non-hydrogen) atoms. The number of hydrogen-bond donors (Lipinski definition) is 6. The Hall–Kier alpha value is -2.66. The molecule has 3 aromatic rings. The number of fused-ring (bicyclic) bond motifs is 1. The van der Waals surface area contributed by atoms with Gasteiger partial charge in [0.2, 0.25) is 0 Å². The Kier molecular flexibility index (Phi) is 11.3. The number of nitrogens with two attached hydrogens (primary N) is 2. The third-order valence-electron chi connectivity index (χ3n) is 9.20. The second-order valence-corrected chi connectivity index (χ2v) is 13.9. The van der Waals surface area contributed by atoms with Crippen molar-refractivity contribution in [1.82, 2.24) is 25.2 Å². The lowest BCUT2D eigenvalue weighted by atomic mass is 9.84. The minimum atomic E-state index is -0.277. The number of nitrogens with one attached hydrogen (secondary N) is 4. The second kappa shape index (κ2) is 15.4. The Morgan fingerprint density at radius 1 is 1.16 bits per heavy atom. The number of hydrogen-bond acceptors (Lipinski definition) is 7. The number of piperidine rings is 1. The number of aromatic nitrogens is 3. The zero-order chi connectivity index (χ0) is 30.2. The van der Waals surface area contributed by atoms with Gasteiger partial charge in [0.05, 0.1) is 5.69 Å². The summed E-state index contributed by atoms with van der Waals surface area (Å²) in [6.07, 6.45) is 16.1. The van der Waals surface area contributed by atoms with Gasteiger partial charge in [-0.25, -0.2) is 4.79 Å². The maximum Gasteiger partial charge on any atom is 0.354 e. The van der Waals surface area contributed by atoms with Crippen LogP contribution in [0.15, 0.2) is 41.3 Å². The quantitative estimate of drug-likeness (QED) is 0.0837. The molecular weight excluding hydrogens is 556 g/mol. The highest BCUT2D eigenvalue weighted by molar-refractivity contribution is 8.13. The maximum absolute atomic E-state index is 13.1. The van der Waals surface area contributed by atoms with Crippen LogP contribution in [0.1, 0.15) is 107 Å². The molecule has 0 spiro atoms. The van der Waals surface area contributed by atoms with Gasteiger partial charge in [0.25, 0.3) is 0 Å². The van der Waals surface area contributed by atoms with Crippen molar-refractivity contribution in [2.24, 2.45) is 17.4 Å². The molecule has 1 saturated heterocycles. The summed E-state index contributed by atoms with van der Waals surface area (Å²) in [4.78, 5) is 21.1. The molecule has 1 saturated carbocycles. The van der Waals surface area contributed by atoms with Crippen molar-refractivity contribution in [1.29, 1.82) is 5.41 Å². The zero-order valence-corrected chi connectivity index (χ0v) is 26.4. The molecule has 2 aliphatic rings. The monoisotopic (exact) mass is 606 g/mol. The fourth-order valence-corrected chi connectivity index (χ4v) is 7.48. The van der Waals surface area contributed by atoms with E-state index in [1.54, 1.807) is 4.57 Å². The first-order valence-corrected chi connectivity index (χ1v) is 17.3. The molecule has 10 heteroatoms. The number of aromatic amines is 1. The Labute approximate surface area is 259 Å². The Bertz CT molecular complexity index is 1380. The van der Waals surface area contributed by atoms with Crippen LogP contribution in [0.3, 0.4) is 0 Å². The van der Waals surface area contributed by atoms with Crippen LogP contribution in [-0.4, -0.2) is 44.1 Å². The number of rotatable bonds is 13. The van der Waals surface area contributed by atoms with Gasteiger partial charge in [-0.05, 0) is 81.7 Å². The summed E-state index contributed by atoms with van der Waals surface area (Å²) in [5.74, 6) is 1.59. The molecule has 1 unspecified atom stereocenters. The summed E-state index contributed by atoms with van der Waals surface area (Å²) < 4.78 is 1.66. The molecule has 2 fully saturated rings. The maximum atomic E-state index is 13.1. The number of thioether (sulfide) groups is 1. The first-order valence-electron chi connectivity index (χ1n) is 16.3. The predicted molar refractivity (Wildman–Crippen MR) is 179 cm³/mol. The van der Waals surface area contributed by atoms with Gasteiger partial charge >= 0.3 is 5.69 Å². The molecule has 0 radical (unpaired) electrons. The standard InChI is InChI=1S/C33H50N8OS/c1-22(34)7-6-17-37-29(19-23-8-3-2-4-9-23)30-20-25-21-41(33(42)40-31(25)39-30)27-14-12-24(13-15-27)28-11-5-10-26(38-28)16-18-43-32(35)36/h12-15,20-23,26,28-29,37-38H,2-11,16-19,34H2,1H3,(H3,35,36)(H,39,40,42)/t22-,26-,28-,29?/m0/s1. The van der Waals surface area contributed by atoms with Gasteiger partial charge in [0.1, 0.15) is 5.65 Å². The third kappa shape index (κ3) is 8.94. The molecule has 1 aliphatic heterocycles. The van der Waals surface area contributed by atoms with Crippen molar-refractivity contribution in [3.63, 3.8) is 0 Å². The molecule has 8 N–H and O–H groups in total. The van der Waals surface area contributed by atoms with Gasteiger partial charge in [0.15, 0.2) is 5.17 Å². The van der Waals surface area contributed by atoms with Crippen LogP contribution in [0.5, 0.6) is 0 Å². The number of H-pyrrole nitrogens is 1. The van der Waals surface area contributed by atoms with Crippen LogP contribution in [0.4, 0.5) is 0 Å². The smallest absolute Gasteiger partial charge is 0.354 e. The molecule has 4 atom stereocenters. The first kappa shape index (κ1) is 31.8. The highest BCUT2D eigenvalue weighted by Gasteiger charge is 2.24. The van der Waals surface area contributed by atoms with E-state index in [0.29, 0.717) is 17.7 Å². The van der Waals surface area contributed by atoms with Crippen LogP contribution >= 0.6 is 11.8 Å². The summed E-state index contributed by atoms with van der Waals surface area (Å²) in [6.45, 7) is 2.99. The largest absolute Gasteiger partial charge is 0.379 e. The molecule has 1 aliphatic carbocycles. The second-order valence-electron chi connectivity index (χ2n) is 12.7. The number of benzene rings is 1. The molecular formula is C33H50N8OS. The van der Waals surface area contributed by atoms with Gasteiger partial charge in [-0.15, -0.1) is 0 Å². The SMILES string of the molecule is C[C@H](N)CCCNC(CC1CCCCC1)c1cc2cn(-c3ccc([C@@H]4CCC[C@@H](CCSC(=N)N)N4)cc3)c(=O)nc2[nH]1. The van der Waals surface area contributed by atoms with Crippen molar-refractivity contribution < 1.29 is 0 Å². The zero-order valence-electron chi connectivity index (χ0n) is 25.6. The summed E-state index contributed by atoms with van der Waals surface area (Å²) in [5.41, 5.74) is 15.0. The molecule has 3 heterocycles. The third-order valence-corrected chi connectivity index (χ3v) is 9.96. The van der Waals surface area contributed by atoms with E-state index < -0.39 is 0 Å². The van der Waals surface area contributed by atoms with Gasteiger partial charge in [-0.1, -0.05) is 62.4 Å². The minimum absolute atomic E-state index is 0.186. The van der Waals surface area contributed by atoms with Crippen LogP contribution in [0.2, 0.25) is 0 Å². The minimum Gasteiger partial charge on any atom is -0.379 e. The van der Waals surface area contributed by atoms with E-state index in [-0.39, 0.29) is 22.9 Å². The van der Waals surface area contributed by atoms with Gasteiger partial charge < -0.3 is 27.1 Å². The lowest BCUT2D eigenvalue weighted by Crippen LogP contribution is -2.37. The van der Waals surface area contributed by atoms with Crippen molar-refractivity contribution in [3.8, 4) is 5.69 Å². The fraction of sp³-hybridized carbons (Fsp3) is 0.606. The number of nitrogens with zero attached hydrogens (tertiary/aromatic N) is 2. The van der Waals surface area contributed by atoms with Gasteiger partial charge in [-0.3, -0.25) is 9.98 Å².